The number of hydrogen-bond acceptors (Lipinski definition) is 4. The molecule has 0 radical (unpaired) electrons. The second-order valence-electron chi connectivity index (χ2n) is 6.24. The minimum Gasteiger partial charge on any atom is -0.490 e. The number of ketones is 1. The van der Waals surface area contributed by atoms with Gasteiger partial charge in [0.15, 0.2) is 17.3 Å². The third kappa shape index (κ3) is 4.98. The van der Waals surface area contributed by atoms with E-state index in [0.29, 0.717) is 36.2 Å². The van der Waals surface area contributed by atoms with Crippen LogP contribution in [0.3, 0.4) is 0 Å². The molecule has 5 nitrogen and oxygen atoms in total. The number of ether oxygens (including phenoxy) is 2. The predicted octanol–water partition coefficient (Wildman–Crippen LogP) is 2.97. The zero-order chi connectivity index (χ0) is 16.8. The zero-order valence-electron chi connectivity index (χ0n) is 14.1. The van der Waals surface area contributed by atoms with Crippen LogP contribution in [-0.4, -0.2) is 30.9 Å². The summed E-state index contributed by atoms with van der Waals surface area (Å²) in [7, 11) is 0. The highest BCUT2D eigenvalue weighted by Gasteiger charge is 2.16. The fourth-order valence-electron chi connectivity index (χ4n) is 2.20. The van der Waals surface area contributed by atoms with Gasteiger partial charge in [-0.1, -0.05) is 13.8 Å². The Balaban J connectivity index is 1.91. The molecule has 0 fully saturated rings. The van der Waals surface area contributed by atoms with Gasteiger partial charge in [0.25, 0.3) is 0 Å². The molecular formula is C18H25NO4. The Hall–Kier alpha value is -2.04. The van der Waals surface area contributed by atoms with Crippen LogP contribution in [0.2, 0.25) is 0 Å². The molecule has 0 aromatic heterocycles. The van der Waals surface area contributed by atoms with Gasteiger partial charge in [0.1, 0.15) is 0 Å². The van der Waals surface area contributed by atoms with E-state index < -0.39 is 0 Å². The van der Waals surface area contributed by atoms with Gasteiger partial charge >= 0.3 is 0 Å². The maximum atomic E-state index is 12.3. The van der Waals surface area contributed by atoms with Crippen LogP contribution in [0.1, 0.15) is 50.4 Å². The van der Waals surface area contributed by atoms with E-state index in [1.165, 1.54) is 0 Å². The molecule has 1 aliphatic rings. The first-order valence-corrected chi connectivity index (χ1v) is 8.19. The summed E-state index contributed by atoms with van der Waals surface area (Å²) in [6.07, 6.45) is 1.22. The van der Waals surface area contributed by atoms with Crippen LogP contribution < -0.4 is 14.8 Å². The van der Waals surface area contributed by atoms with Crippen molar-refractivity contribution in [3.8, 4) is 11.5 Å². The van der Waals surface area contributed by atoms with E-state index in [2.05, 4.69) is 5.32 Å². The smallest absolute Gasteiger partial charge is 0.220 e. The molecule has 0 saturated heterocycles. The van der Waals surface area contributed by atoms with Crippen molar-refractivity contribution in [1.29, 1.82) is 0 Å². The number of Topliss-reactive ketones (excluding diaryl/α,β-unsaturated/α-hetero) is 1. The Labute approximate surface area is 137 Å². The summed E-state index contributed by atoms with van der Waals surface area (Å²) in [6.45, 7) is 7.27. The molecule has 0 aliphatic carbocycles. The minimum absolute atomic E-state index is 0.0620. The molecular weight excluding hydrogens is 294 g/mol. The van der Waals surface area contributed by atoms with Crippen molar-refractivity contribution in [3.05, 3.63) is 23.8 Å². The lowest BCUT2D eigenvalue weighted by Gasteiger charge is -2.17. The zero-order valence-corrected chi connectivity index (χ0v) is 14.1. The number of amides is 1. The number of fused-ring (bicyclic) bond motifs is 1. The van der Waals surface area contributed by atoms with Crippen molar-refractivity contribution in [3.63, 3.8) is 0 Å². The molecule has 1 N–H and O–H groups in total. The lowest BCUT2D eigenvalue weighted by Crippen LogP contribution is -2.36. The molecule has 5 heteroatoms. The van der Waals surface area contributed by atoms with Gasteiger partial charge in [-0.05, 0) is 31.0 Å². The number of rotatable bonds is 6. The fraction of sp³-hybridized carbons (Fsp3) is 0.556. The van der Waals surface area contributed by atoms with E-state index in [4.69, 9.17) is 9.47 Å². The third-order valence-electron chi connectivity index (χ3n) is 4.04. The van der Waals surface area contributed by atoms with Crippen LogP contribution in [0.15, 0.2) is 18.2 Å². The first-order chi connectivity index (χ1) is 11.0. The Morgan fingerprint density at radius 2 is 1.78 bits per heavy atom. The largest absolute Gasteiger partial charge is 0.490 e. The molecule has 126 valence electrons. The SMILES string of the molecule is CC(C)C(C)NC(=O)CCC(=O)c1ccc2c(c1)OCCCO2. The van der Waals surface area contributed by atoms with Crippen molar-refractivity contribution < 1.29 is 19.1 Å². The van der Waals surface area contributed by atoms with Crippen molar-refractivity contribution in [1.82, 2.24) is 5.32 Å². The van der Waals surface area contributed by atoms with Crippen LogP contribution >= 0.6 is 0 Å². The van der Waals surface area contributed by atoms with Crippen molar-refractivity contribution >= 4 is 11.7 Å². The number of hydrogen-bond donors (Lipinski definition) is 1. The lowest BCUT2D eigenvalue weighted by molar-refractivity contribution is -0.121. The van der Waals surface area contributed by atoms with E-state index in [9.17, 15) is 9.59 Å². The second kappa shape index (κ2) is 7.99. The Kier molecular flexibility index (Phi) is 6.02. The van der Waals surface area contributed by atoms with Gasteiger partial charge in [0, 0.05) is 30.9 Å². The molecule has 0 bridgehead atoms. The highest BCUT2D eigenvalue weighted by atomic mass is 16.5. The van der Waals surface area contributed by atoms with Gasteiger partial charge in [-0.25, -0.2) is 0 Å². The molecule has 1 amide bonds. The van der Waals surface area contributed by atoms with Crippen LogP contribution in [-0.2, 0) is 4.79 Å². The highest BCUT2D eigenvalue weighted by Crippen LogP contribution is 2.30. The molecule has 1 unspecified atom stereocenters. The summed E-state index contributed by atoms with van der Waals surface area (Å²) in [5.41, 5.74) is 0.555. The van der Waals surface area contributed by atoms with Gasteiger partial charge in [-0.3, -0.25) is 9.59 Å². The van der Waals surface area contributed by atoms with E-state index in [0.717, 1.165) is 6.42 Å². The van der Waals surface area contributed by atoms with Crippen LogP contribution in [0.25, 0.3) is 0 Å². The highest BCUT2D eigenvalue weighted by molar-refractivity contribution is 5.98. The molecule has 1 heterocycles. The maximum Gasteiger partial charge on any atom is 0.220 e. The summed E-state index contributed by atoms with van der Waals surface area (Å²) in [5.74, 6) is 1.49. The number of carbonyl (C=O) groups excluding carboxylic acids is 2. The molecule has 1 aromatic carbocycles. The lowest BCUT2D eigenvalue weighted by atomic mass is 10.0. The van der Waals surface area contributed by atoms with E-state index in [1.807, 2.05) is 20.8 Å². The Morgan fingerprint density at radius 1 is 1.09 bits per heavy atom. The molecule has 1 atom stereocenters. The molecule has 23 heavy (non-hydrogen) atoms. The van der Waals surface area contributed by atoms with E-state index in [-0.39, 0.29) is 30.6 Å². The van der Waals surface area contributed by atoms with Crippen LogP contribution in [0.5, 0.6) is 11.5 Å². The van der Waals surface area contributed by atoms with Gasteiger partial charge < -0.3 is 14.8 Å². The Morgan fingerprint density at radius 3 is 2.48 bits per heavy atom. The van der Waals surface area contributed by atoms with Crippen molar-refractivity contribution in [2.75, 3.05) is 13.2 Å². The third-order valence-corrected chi connectivity index (χ3v) is 4.04. The van der Waals surface area contributed by atoms with Crippen molar-refractivity contribution in [2.24, 2.45) is 5.92 Å². The average Bonchev–Trinajstić information content (AvgIpc) is 2.76. The summed E-state index contributed by atoms with van der Waals surface area (Å²) >= 11 is 0. The number of carbonyl (C=O) groups is 2. The van der Waals surface area contributed by atoms with Crippen LogP contribution in [0.4, 0.5) is 0 Å². The summed E-state index contributed by atoms with van der Waals surface area (Å²) in [5, 5.41) is 2.91. The normalized spacial score (nSPS) is 15.0. The maximum absolute atomic E-state index is 12.3. The molecule has 1 aliphatic heterocycles. The standard InChI is InChI=1S/C18H25NO4/c1-12(2)13(3)19-18(21)8-6-15(20)14-5-7-16-17(11-14)23-10-4-9-22-16/h5,7,11-13H,4,6,8-10H2,1-3H3,(H,19,21). The summed E-state index contributed by atoms with van der Waals surface area (Å²) in [6, 6.07) is 5.30. The molecule has 2 rings (SSSR count). The summed E-state index contributed by atoms with van der Waals surface area (Å²) in [4.78, 5) is 24.1. The van der Waals surface area contributed by atoms with Gasteiger partial charge in [0.05, 0.1) is 13.2 Å². The monoisotopic (exact) mass is 319 g/mol. The second-order valence-corrected chi connectivity index (χ2v) is 6.24. The quantitative estimate of drug-likeness (QED) is 0.819. The molecule has 1 aromatic rings. The predicted molar refractivity (Wildman–Crippen MR) is 88.1 cm³/mol. The van der Waals surface area contributed by atoms with Gasteiger partial charge in [-0.15, -0.1) is 0 Å². The topological polar surface area (TPSA) is 64.6 Å². The first kappa shape index (κ1) is 17.3. The number of nitrogens with one attached hydrogen (secondary N) is 1. The van der Waals surface area contributed by atoms with E-state index >= 15 is 0 Å². The number of benzene rings is 1. The molecule has 0 spiro atoms. The Bertz CT molecular complexity index is 568. The first-order valence-electron chi connectivity index (χ1n) is 8.19. The average molecular weight is 319 g/mol. The minimum atomic E-state index is -0.0890. The van der Waals surface area contributed by atoms with Crippen molar-refractivity contribution in [2.45, 2.75) is 46.1 Å². The van der Waals surface area contributed by atoms with Gasteiger partial charge in [-0.2, -0.15) is 0 Å². The van der Waals surface area contributed by atoms with E-state index in [1.54, 1.807) is 18.2 Å². The van der Waals surface area contributed by atoms with Crippen LogP contribution in [0, 0.1) is 5.92 Å². The fourth-order valence-corrected chi connectivity index (χ4v) is 2.20. The van der Waals surface area contributed by atoms with Gasteiger partial charge in [0.2, 0.25) is 5.91 Å². The summed E-state index contributed by atoms with van der Waals surface area (Å²) < 4.78 is 11.1. The molecule has 0 saturated carbocycles.